The van der Waals surface area contributed by atoms with Crippen LogP contribution in [0.5, 0.6) is 0 Å². The van der Waals surface area contributed by atoms with Gasteiger partial charge in [-0.15, -0.1) is 0 Å². The number of rotatable bonds is 5. The van der Waals surface area contributed by atoms with Gasteiger partial charge in [0.05, 0.1) is 42.0 Å². The molecule has 0 bridgehead atoms. The summed E-state index contributed by atoms with van der Waals surface area (Å²) >= 11 is 1.45. The summed E-state index contributed by atoms with van der Waals surface area (Å²) in [5.41, 5.74) is 1.50. The summed E-state index contributed by atoms with van der Waals surface area (Å²) in [5.74, 6) is 0.148. The van der Waals surface area contributed by atoms with Gasteiger partial charge >= 0.3 is 6.09 Å². The van der Waals surface area contributed by atoms with Gasteiger partial charge in [-0.3, -0.25) is 9.48 Å². The van der Waals surface area contributed by atoms with Gasteiger partial charge in [-0.05, 0) is 39.7 Å². The van der Waals surface area contributed by atoms with E-state index in [-0.39, 0.29) is 24.3 Å². The van der Waals surface area contributed by atoms with Crippen LogP contribution in [-0.2, 0) is 15.1 Å². The van der Waals surface area contributed by atoms with E-state index in [0.717, 1.165) is 34.2 Å². The minimum Gasteiger partial charge on any atom is -0.444 e. The Morgan fingerprint density at radius 1 is 1.32 bits per heavy atom. The molecule has 0 unspecified atom stereocenters. The lowest BCUT2D eigenvalue weighted by molar-refractivity contribution is -0.117. The van der Waals surface area contributed by atoms with Gasteiger partial charge in [-0.25, -0.2) is 9.78 Å². The Hall–Kier alpha value is -3.45. The van der Waals surface area contributed by atoms with E-state index in [9.17, 15) is 14.9 Å². The first-order valence-corrected chi connectivity index (χ1v) is 12.1. The van der Waals surface area contributed by atoms with Crippen LogP contribution in [0.3, 0.4) is 0 Å². The Kier molecular flexibility index (Phi) is 5.32. The predicted octanol–water partition coefficient (Wildman–Crippen LogP) is 4.37. The molecule has 5 rings (SSSR count). The highest BCUT2D eigenvalue weighted by molar-refractivity contribution is 7.22. The highest BCUT2D eigenvalue weighted by Gasteiger charge is 2.48. The van der Waals surface area contributed by atoms with Crippen molar-refractivity contribution >= 4 is 38.7 Å². The number of nitriles is 1. The number of nitrogens with zero attached hydrogens (tertiary/aromatic N) is 5. The van der Waals surface area contributed by atoms with Crippen molar-refractivity contribution in [1.29, 1.82) is 5.26 Å². The molecule has 10 heteroatoms. The van der Waals surface area contributed by atoms with Crippen molar-refractivity contribution < 1.29 is 14.3 Å². The van der Waals surface area contributed by atoms with Crippen LogP contribution in [0, 0.1) is 17.2 Å². The summed E-state index contributed by atoms with van der Waals surface area (Å²) in [5, 5.41) is 17.6. The van der Waals surface area contributed by atoms with Crippen molar-refractivity contribution in [3.63, 3.8) is 0 Å². The first kappa shape index (κ1) is 22.3. The first-order chi connectivity index (χ1) is 16.2. The van der Waals surface area contributed by atoms with Crippen LogP contribution in [0.1, 0.15) is 40.0 Å². The lowest BCUT2D eigenvalue weighted by Crippen LogP contribution is -2.64. The smallest absolute Gasteiger partial charge is 0.410 e. The molecular weight excluding hydrogens is 452 g/mol. The highest BCUT2D eigenvalue weighted by Crippen LogP contribution is 2.38. The van der Waals surface area contributed by atoms with Crippen molar-refractivity contribution in [2.45, 2.75) is 51.2 Å². The van der Waals surface area contributed by atoms with Crippen LogP contribution in [-0.4, -0.2) is 50.4 Å². The van der Waals surface area contributed by atoms with Gasteiger partial charge in [0.2, 0.25) is 5.91 Å². The third-order valence-electron chi connectivity index (χ3n) is 6.00. The maximum Gasteiger partial charge on any atom is 0.410 e. The maximum absolute atomic E-state index is 12.4. The van der Waals surface area contributed by atoms with Crippen LogP contribution in [0.2, 0.25) is 0 Å². The van der Waals surface area contributed by atoms with E-state index in [1.165, 1.54) is 11.3 Å². The normalized spacial score (nSPS) is 17.2. The van der Waals surface area contributed by atoms with Crippen molar-refractivity contribution in [2.24, 2.45) is 5.92 Å². The number of carbonyl (C=O) groups is 2. The van der Waals surface area contributed by atoms with Crippen LogP contribution >= 0.6 is 11.3 Å². The molecule has 1 aromatic carbocycles. The molecule has 3 heterocycles. The number of fused-ring (bicyclic) bond motifs is 1. The third-order valence-corrected chi connectivity index (χ3v) is 7.02. The average molecular weight is 479 g/mol. The lowest BCUT2D eigenvalue weighted by atomic mass is 9.87. The molecule has 0 atom stereocenters. The Balaban J connectivity index is 1.38. The Labute approximate surface area is 201 Å². The summed E-state index contributed by atoms with van der Waals surface area (Å²) in [4.78, 5) is 30.7. The number of anilines is 1. The summed E-state index contributed by atoms with van der Waals surface area (Å²) in [7, 11) is 0. The minimum atomic E-state index is -0.588. The molecule has 1 aliphatic heterocycles. The molecule has 2 fully saturated rings. The number of likely N-dealkylation sites (tertiary alicyclic amines) is 1. The number of hydrogen-bond acceptors (Lipinski definition) is 7. The van der Waals surface area contributed by atoms with E-state index >= 15 is 0 Å². The fraction of sp³-hybridized carbons (Fsp3) is 0.458. The number of ether oxygens (including phenoxy) is 1. The van der Waals surface area contributed by atoms with Crippen LogP contribution in [0.15, 0.2) is 30.6 Å². The molecule has 34 heavy (non-hydrogen) atoms. The molecule has 3 aromatic rings. The molecule has 0 radical (unpaired) electrons. The van der Waals surface area contributed by atoms with E-state index in [1.54, 1.807) is 15.8 Å². The summed E-state index contributed by atoms with van der Waals surface area (Å²) < 4.78 is 8.22. The second kappa shape index (κ2) is 8.09. The van der Waals surface area contributed by atoms with Crippen molar-refractivity contribution in [1.82, 2.24) is 19.7 Å². The molecule has 0 spiro atoms. The molecule has 1 saturated heterocycles. The summed E-state index contributed by atoms with van der Waals surface area (Å²) in [6.07, 6.45) is 5.42. The van der Waals surface area contributed by atoms with Gasteiger partial charge in [-0.1, -0.05) is 23.5 Å². The van der Waals surface area contributed by atoms with Gasteiger partial charge in [-0.2, -0.15) is 10.4 Å². The standard InChI is InChI=1S/C24H26N6O3S/c1-23(2,3)33-22(32)29-13-24(14-29,9-10-25)30-12-16(11-26-30)17-5-4-6-18-19(17)34-21(27-18)28-20(31)15-7-8-15/h4-6,11-12,15H,7-9,13-14H2,1-3H3,(H,27,28,31). The maximum atomic E-state index is 12.4. The zero-order valence-electron chi connectivity index (χ0n) is 19.4. The molecule has 9 nitrogen and oxygen atoms in total. The SMILES string of the molecule is CC(C)(C)OC(=O)N1CC(CC#N)(n2cc(-c3cccc4nc(NC(=O)C5CC5)sc34)cn2)C1. The molecule has 1 saturated carbocycles. The zero-order valence-corrected chi connectivity index (χ0v) is 20.2. The molecule has 2 amide bonds. The van der Waals surface area contributed by atoms with Gasteiger partial charge in [0.25, 0.3) is 0 Å². The van der Waals surface area contributed by atoms with Crippen LogP contribution in [0.25, 0.3) is 21.3 Å². The largest absolute Gasteiger partial charge is 0.444 e. The fourth-order valence-corrected chi connectivity index (χ4v) is 5.11. The molecule has 176 valence electrons. The molecule has 1 aliphatic carbocycles. The van der Waals surface area contributed by atoms with Gasteiger partial charge in [0, 0.05) is 23.2 Å². The van der Waals surface area contributed by atoms with Crippen LogP contribution < -0.4 is 5.32 Å². The van der Waals surface area contributed by atoms with Crippen molar-refractivity contribution in [3.05, 3.63) is 30.6 Å². The van der Waals surface area contributed by atoms with E-state index < -0.39 is 11.1 Å². The molecule has 2 aliphatic rings. The fourth-order valence-electron chi connectivity index (χ4n) is 4.11. The molecule has 2 aromatic heterocycles. The number of amides is 2. The highest BCUT2D eigenvalue weighted by atomic mass is 32.1. The first-order valence-electron chi connectivity index (χ1n) is 11.3. The second-order valence-corrected chi connectivity index (χ2v) is 11.0. The lowest BCUT2D eigenvalue weighted by Gasteiger charge is -2.48. The third kappa shape index (κ3) is 4.23. The van der Waals surface area contributed by atoms with E-state index in [0.29, 0.717) is 18.2 Å². The number of benzene rings is 1. The van der Waals surface area contributed by atoms with E-state index in [1.807, 2.05) is 45.2 Å². The Morgan fingerprint density at radius 2 is 2.09 bits per heavy atom. The Morgan fingerprint density at radius 3 is 2.76 bits per heavy atom. The average Bonchev–Trinajstić information content (AvgIpc) is 3.33. The number of hydrogen-bond donors (Lipinski definition) is 1. The van der Waals surface area contributed by atoms with Crippen LogP contribution in [0.4, 0.5) is 9.93 Å². The zero-order chi connectivity index (χ0) is 24.1. The van der Waals surface area contributed by atoms with E-state index in [2.05, 4.69) is 21.5 Å². The number of thiazole rings is 1. The van der Waals surface area contributed by atoms with Gasteiger partial charge < -0.3 is 15.0 Å². The monoisotopic (exact) mass is 478 g/mol. The summed E-state index contributed by atoms with van der Waals surface area (Å²) in [6.45, 7) is 6.21. The Bertz CT molecular complexity index is 1300. The number of aromatic nitrogens is 3. The minimum absolute atomic E-state index is 0.0337. The molecule has 1 N–H and O–H groups in total. The second-order valence-electron chi connectivity index (χ2n) is 10.0. The topological polar surface area (TPSA) is 113 Å². The van der Waals surface area contributed by atoms with E-state index in [4.69, 9.17) is 4.74 Å². The summed E-state index contributed by atoms with van der Waals surface area (Å²) in [6, 6.07) is 8.10. The van der Waals surface area contributed by atoms with Crippen molar-refractivity contribution in [2.75, 3.05) is 18.4 Å². The predicted molar refractivity (Wildman–Crippen MR) is 128 cm³/mol. The van der Waals surface area contributed by atoms with Crippen molar-refractivity contribution in [3.8, 4) is 17.2 Å². The number of carbonyl (C=O) groups excluding carboxylic acids is 2. The van der Waals surface area contributed by atoms with Gasteiger partial charge in [0.15, 0.2) is 5.13 Å². The molecular formula is C24H26N6O3S. The number of nitrogens with one attached hydrogen (secondary N) is 1. The quantitative estimate of drug-likeness (QED) is 0.583. The van der Waals surface area contributed by atoms with Gasteiger partial charge in [0.1, 0.15) is 11.1 Å².